The Bertz CT molecular complexity index is 1000. The second-order valence-electron chi connectivity index (χ2n) is 6.88. The number of amides is 4. The maximum Gasteiger partial charge on any atom is 0.261 e. The van der Waals surface area contributed by atoms with Crippen LogP contribution in [-0.4, -0.2) is 48.2 Å². The molecule has 0 aliphatic carbocycles. The summed E-state index contributed by atoms with van der Waals surface area (Å²) in [7, 11) is 0. The first-order valence-electron chi connectivity index (χ1n) is 9.65. The maximum atomic E-state index is 12.5. The summed E-state index contributed by atoms with van der Waals surface area (Å²) >= 11 is 0. The SMILES string of the molecule is CCNC(=O)COc1cccc(NC(=O)CCN2C(=O)c3ccc(C)cc3C2=O)c1. The van der Waals surface area contributed by atoms with E-state index < -0.39 is 0 Å². The molecule has 0 saturated carbocycles. The van der Waals surface area contributed by atoms with E-state index in [9.17, 15) is 19.2 Å². The molecule has 0 bridgehead atoms. The first kappa shape index (κ1) is 21.0. The fourth-order valence-electron chi connectivity index (χ4n) is 3.11. The molecule has 0 atom stereocenters. The van der Waals surface area contributed by atoms with Gasteiger partial charge in [0.15, 0.2) is 6.61 Å². The molecule has 1 heterocycles. The lowest BCUT2D eigenvalue weighted by molar-refractivity contribution is -0.123. The van der Waals surface area contributed by atoms with Crippen LogP contribution in [-0.2, 0) is 9.59 Å². The first-order valence-corrected chi connectivity index (χ1v) is 9.65. The third kappa shape index (κ3) is 4.83. The number of anilines is 1. The minimum atomic E-state index is -0.386. The number of fused-ring (bicyclic) bond motifs is 1. The number of hydrogen-bond donors (Lipinski definition) is 2. The number of nitrogens with one attached hydrogen (secondary N) is 2. The minimum absolute atomic E-state index is 0.00932. The molecular formula is C22H23N3O5. The molecule has 1 aliphatic heterocycles. The van der Waals surface area contributed by atoms with Crippen LogP contribution in [0.4, 0.5) is 5.69 Å². The third-order valence-corrected chi connectivity index (χ3v) is 4.55. The van der Waals surface area contributed by atoms with Gasteiger partial charge in [-0.05, 0) is 38.1 Å². The summed E-state index contributed by atoms with van der Waals surface area (Å²) in [4.78, 5) is 49.8. The lowest BCUT2D eigenvalue weighted by atomic mass is 10.1. The summed E-state index contributed by atoms with van der Waals surface area (Å²) < 4.78 is 5.40. The predicted molar refractivity (Wildman–Crippen MR) is 110 cm³/mol. The molecule has 0 spiro atoms. The number of nitrogens with zero attached hydrogens (tertiary/aromatic N) is 1. The van der Waals surface area contributed by atoms with Crippen molar-refractivity contribution in [1.82, 2.24) is 10.2 Å². The van der Waals surface area contributed by atoms with Crippen LogP contribution in [0.1, 0.15) is 39.6 Å². The highest BCUT2D eigenvalue weighted by atomic mass is 16.5. The number of ether oxygens (including phenoxy) is 1. The molecule has 156 valence electrons. The highest BCUT2D eigenvalue weighted by Crippen LogP contribution is 2.24. The standard InChI is InChI=1S/C22H23N3O5/c1-3-23-20(27)13-30-16-6-4-5-15(12-16)24-19(26)9-10-25-21(28)17-8-7-14(2)11-18(17)22(25)29/h4-8,11-12H,3,9-10,13H2,1-2H3,(H,23,27)(H,24,26). The van der Waals surface area contributed by atoms with Gasteiger partial charge >= 0.3 is 0 Å². The van der Waals surface area contributed by atoms with Gasteiger partial charge < -0.3 is 15.4 Å². The number of hydrogen-bond acceptors (Lipinski definition) is 5. The molecule has 30 heavy (non-hydrogen) atoms. The van der Waals surface area contributed by atoms with Crippen molar-refractivity contribution in [3.63, 3.8) is 0 Å². The Hall–Kier alpha value is -3.68. The van der Waals surface area contributed by atoms with Gasteiger partial charge in [-0.1, -0.05) is 17.7 Å². The fraction of sp³-hybridized carbons (Fsp3) is 0.273. The van der Waals surface area contributed by atoms with Gasteiger partial charge in [-0.15, -0.1) is 0 Å². The van der Waals surface area contributed by atoms with Crippen molar-refractivity contribution in [3.05, 3.63) is 59.2 Å². The monoisotopic (exact) mass is 409 g/mol. The minimum Gasteiger partial charge on any atom is -0.484 e. The smallest absolute Gasteiger partial charge is 0.261 e. The highest BCUT2D eigenvalue weighted by molar-refractivity contribution is 6.21. The summed E-state index contributed by atoms with van der Waals surface area (Å²) in [5.74, 6) is -0.905. The largest absolute Gasteiger partial charge is 0.484 e. The van der Waals surface area contributed by atoms with Gasteiger partial charge in [0, 0.05) is 31.3 Å². The zero-order valence-electron chi connectivity index (χ0n) is 16.9. The number of imide groups is 1. The van der Waals surface area contributed by atoms with Crippen molar-refractivity contribution >= 4 is 29.3 Å². The Morgan fingerprint density at radius 3 is 2.53 bits per heavy atom. The topological polar surface area (TPSA) is 105 Å². The Balaban J connectivity index is 1.54. The summed E-state index contributed by atoms with van der Waals surface area (Å²) in [6, 6.07) is 11.7. The van der Waals surface area contributed by atoms with Gasteiger partial charge in [-0.25, -0.2) is 0 Å². The second-order valence-corrected chi connectivity index (χ2v) is 6.88. The van der Waals surface area contributed by atoms with Crippen molar-refractivity contribution in [2.75, 3.05) is 25.0 Å². The molecule has 8 nitrogen and oxygen atoms in total. The molecule has 2 aromatic rings. The van der Waals surface area contributed by atoms with E-state index in [-0.39, 0.29) is 43.2 Å². The van der Waals surface area contributed by atoms with Crippen LogP contribution in [0.2, 0.25) is 0 Å². The van der Waals surface area contributed by atoms with Crippen LogP contribution >= 0.6 is 0 Å². The van der Waals surface area contributed by atoms with Gasteiger partial charge in [0.25, 0.3) is 17.7 Å². The Morgan fingerprint density at radius 2 is 1.77 bits per heavy atom. The predicted octanol–water partition coefficient (Wildman–Crippen LogP) is 2.13. The average molecular weight is 409 g/mol. The molecule has 4 amide bonds. The van der Waals surface area contributed by atoms with Gasteiger partial charge in [0.05, 0.1) is 11.1 Å². The van der Waals surface area contributed by atoms with Crippen LogP contribution in [0, 0.1) is 6.92 Å². The van der Waals surface area contributed by atoms with E-state index in [4.69, 9.17) is 4.74 Å². The van der Waals surface area contributed by atoms with Crippen LogP contribution < -0.4 is 15.4 Å². The van der Waals surface area contributed by atoms with E-state index in [0.29, 0.717) is 29.1 Å². The fourth-order valence-corrected chi connectivity index (χ4v) is 3.11. The lowest BCUT2D eigenvalue weighted by Gasteiger charge is -2.14. The van der Waals surface area contributed by atoms with Crippen molar-refractivity contribution in [2.45, 2.75) is 20.3 Å². The molecule has 8 heteroatoms. The summed E-state index contributed by atoms with van der Waals surface area (Å²) in [5, 5.41) is 5.34. The quantitative estimate of drug-likeness (QED) is 0.650. The molecule has 0 unspecified atom stereocenters. The lowest BCUT2D eigenvalue weighted by Crippen LogP contribution is -2.32. The molecule has 1 aliphatic rings. The van der Waals surface area contributed by atoms with Gasteiger partial charge in [-0.2, -0.15) is 0 Å². The molecule has 0 aromatic heterocycles. The van der Waals surface area contributed by atoms with Crippen molar-refractivity contribution < 1.29 is 23.9 Å². The third-order valence-electron chi connectivity index (χ3n) is 4.55. The van der Waals surface area contributed by atoms with Crippen molar-refractivity contribution in [2.24, 2.45) is 0 Å². The van der Waals surface area contributed by atoms with E-state index in [0.717, 1.165) is 10.5 Å². The van der Waals surface area contributed by atoms with Crippen LogP contribution in [0.15, 0.2) is 42.5 Å². The van der Waals surface area contributed by atoms with Gasteiger partial charge in [0.1, 0.15) is 5.75 Å². The summed E-state index contributed by atoms with van der Waals surface area (Å²) in [6.45, 7) is 4.05. The molecule has 0 fully saturated rings. The van der Waals surface area contributed by atoms with Gasteiger partial charge in [0.2, 0.25) is 5.91 Å². The van der Waals surface area contributed by atoms with Crippen LogP contribution in [0.25, 0.3) is 0 Å². The number of likely N-dealkylation sites (N-methyl/N-ethyl adjacent to an activating group) is 1. The number of benzene rings is 2. The number of carbonyl (C=O) groups is 4. The highest BCUT2D eigenvalue weighted by Gasteiger charge is 2.35. The molecule has 3 rings (SSSR count). The van der Waals surface area contributed by atoms with E-state index in [1.54, 1.807) is 42.5 Å². The van der Waals surface area contributed by atoms with E-state index in [1.807, 2.05) is 13.8 Å². The van der Waals surface area contributed by atoms with E-state index in [1.165, 1.54) is 0 Å². The summed E-state index contributed by atoms with van der Waals surface area (Å²) in [6.07, 6.45) is -0.0333. The summed E-state index contributed by atoms with van der Waals surface area (Å²) in [5.41, 5.74) is 2.12. The zero-order valence-corrected chi connectivity index (χ0v) is 16.9. The zero-order chi connectivity index (χ0) is 21.7. The molecule has 0 saturated heterocycles. The van der Waals surface area contributed by atoms with Gasteiger partial charge in [-0.3, -0.25) is 24.1 Å². The Morgan fingerprint density at radius 1 is 1.00 bits per heavy atom. The Labute approximate surface area is 174 Å². The Kier molecular flexibility index (Phi) is 6.46. The maximum absolute atomic E-state index is 12.5. The van der Waals surface area contributed by atoms with Crippen molar-refractivity contribution in [1.29, 1.82) is 0 Å². The second kappa shape index (κ2) is 9.21. The van der Waals surface area contributed by atoms with Crippen LogP contribution in [0.5, 0.6) is 5.75 Å². The van der Waals surface area contributed by atoms with Crippen LogP contribution in [0.3, 0.4) is 0 Å². The number of aryl methyl sites for hydroxylation is 1. The van der Waals surface area contributed by atoms with E-state index >= 15 is 0 Å². The number of carbonyl (C=O) groups excluding carboxylic acids is 4. The molecule has 0 radical (unpaired) electrons. The number of rotatable bonds is 8. The molecular weight excluding hydrogens is 386 g/mol. The first-order chi connectivity index (χ1) is 14.4. The van der Waals surface area contributed by atoms with Crippen molar-refractivity contribution in [3.8, 4) is 5.75 Å². The average Bonchev–Trinajstić information content (AvgIpc) is 2.95. The molecule has 2 N–H and O–H groups in total. The normalized spacial score (nSPS) is 12.5. The molecule has 2 aromatic carbocycles. The van der Waals surface area contributed by atoms with E-state index in [2.05, 4.69) is 10.6 Å².